The lowest BCUT2D eigenvalue weighted by molar-refractivity contribution is -0.385. The summed E-state index contributed by atoms with van der Waals surface area (Å²) in [5.74, 6) is 0.0702. The van der Waals surface area contributed by atoms with Crippen LogP contribution in [0.15, 0.2) is 23.3 Å². The second-order valence-electron chi connectivity index (χ2n) is 5.39. The zero-order valence-electron chi connectivity index (χ0n) is 14.4. The number of hydrogen-bond donors (Lipinski definition) is 2. The minimum atomic E-state index is -0.675. The molecule has 0 atom stereocenters. The summed E-state index contributed by atoms with van der Waals surface area (Å²) in [4.78, 5) is 24.6. The molecule has 0 amide bonds. The monoisotopic (exact) mass is 375 g/mol. The molecule has 12 nitrogen and oxygen atoms in total. The first-order valence-electron chi connectivity index (χ1n) is 7.96. The number of anilines is 2. The number of nitro benzene ring substituents is 1. The second-order valence-corrected chi connectivity index (χ2v) is 5.39. The van der Waals surface area contributed by atoms with Gasteiger partial charge in [0, 0.05) is 24.7 Å². The maximum atomic E-state index is 10.9. The van der Waals surface area contributed by atoms with Crippen molar-refractivity contribution in [1.29, 1.82) is 0 Å². The van der Waals surface area contributed by atoms with Crippen LogP contribution in [0, 0.1) is 10.1 Å². The van der Waals surface area contributed by atoms with Gasteiger partial charge in [0.1, 0.15) is 0 Å². The number of nitro groups is 1. The summed E-state index contributed by atoms with van der Waals surface area (Å²) in [6.07, 6.45) is 1.23. The molecule has 142 valence electrons. The fourth-order valence-corrected chi connectivity index (χ4v) is 2.35. The van der Waals surface area contributed by atoms with E-state index in [1.807, 2.05) is 4.90 Å². The van der Waals surface area contributed by atoms with Gasteiger partial charge in [-0.05, 0) is 6.07 Å². The number of aromatic nitrogens is 3. The first-order valence-corrected chi connectivity index (χ1v) is 7.96. The van der Waals surface area contributed by atoms with Gasteiger partial charge >= 0.3 is 11.7 Å². The van der Waals surface area contributed by atoms with E-state index < -0.39 is 16.4 Å². The van der Waals surface area contributed by atoms with Crippen LogP contribution in [-0.4, -0.2) is 64.6 Å². The third-order valence-electron chi connectivity index (χ3n) is 3.69. The van der Waals surface area contributed by atoms with Crippen molar-refractivity contribution < 1.29 is 19.5 Å². The van der Waals surface area contributed by atoms with Gasteiger partial charge < -0.3 is 19.5 Å². The van der Waals surface area contributed by atoms with Crippen LogP contribution in [0.3, 0.4) is 0 Å². The van der Waals surface area contributed by atoms with Crippen molar-refractivity contribution in [1.82, 2.24) is 15.0 Å². The molecular weight excluding hydrogens is 358 g/mol. The molecule has 2 N–H and O–H groups in total. The lowest BCUT2D eigenvalue weighted by Gasteiger charge is -2.26. The number of rotatable bonds is 6. The van der Waals surface area contributed by atoms with Crippen LogP contribution in [0.4, 0.5) is 17.6 Å². The molecule has 2 heterocycles. The van der Waals surface area contributed by atoms with E-state index in [0.29, 0.717) is 32.3 Å². The van der Waals surface area contributed by atoms with Gasteiger partial charge in [-0.1, -0.05) is 6.07 Å². The first-order chi connectivity index (χ1) is 13.1. The molecule has 1 aromatic heterocycles. The number of methoxy groups -OCH3 is 1. The van der Waals surface area contributed by atoms with E-state index >= 15 is 0 Å². The molecule has 2 aromatic rings. The van der Waals surface area contributed by atoms with Crippen molar-refractivity contribution in [2.75, 3.05) is 43.7 Å². The van der Waals surface area contributed by atoms with Crippen LogP contribution in [0.25, 0.3) is 0 Å². The van der Waals surface area contributed by atoms with E-state index in [0.717, 1.165) is 0 Å². The average Bonchev–Trinajstić information content (AvgIpc) is 2.69. The highest BCUT2D eigenvalue weighted by atomic mass is 16.6. The van der Waals surface area contributed by atoms with E-state index in [9.17, 15) is 15.2 Å². The molecular formula is C15H17N7O5. The normalized spacial score (nSPS) is 14.3. The largest absolute Gasteiger partial charge is 0.502 e. The Morgan fingerprint density at radius 2 is 2.15 bits per heavy atom. The van der Waals surface area contributed by atoms with Crippen LogP contribution in [0.2, 0.25) is 0 Å². The van der Waals surface area contributed by atoms with Crippen molar-refractivity contribution in [2.24, 2.45) is 5.10 Å². The standard InChI is InChI=1S/C15H17N7O5/c1-26-15-18-13(17-14(19-15)21-5-7-27-8-6-21)20-16-9-10-3-2-4-11(12(10)23)22(24)25/h2-4,9,23H,5-8H2,1H3,(H,17,18,19,20)/b16-9-. The van der Waals surface area contributed by atoms with E-state index in [1.165, 1.54) is 31.5 Å². The summed E-state index contributed by atoms with van der Waals surface area (Å²) in [7, 11) is 1.44. The number of phenolic OH excluding ortho intramolecular Hbond substituents is 1. The summed E-state index contributed by atoms with van der Waals surface area (Å²) < 4.78 is 10.4. The molecule has 1 aromatic carbocycles. The molecule has 0 radical (unpaired) electrons. The van der Waals surface area contributed by atoms with Crippen LogP contribution >= 0.6 is 0 Å². The maximum absolute atomic E-state index is 10.9. The Morgan fingerprint density at radius 1 is 1.37 bits per heavy atom. The van der Waals surface area contributed by atoms with Gasteiger partial charge in [0.25, 0.3) is 5.95 Å². The Kier molecular flexibility index (Phi) is 5.56. The molecule has 0 spiro atoms. The number of ether oxygens (including phenoxy) is 2. The average molecular weight is 375 g/mol. The molecule has 0 saturated carbocycles. The maximum Gasteiger partial charge on any atom is 0.322 e. The highest BCUT2D eigenvalue weighted by molar-refractivity contribution is 5.85. The number of nitrogens with one attached hydrogen (secondary N) is 1. The molecule has 3 rings (SSSR count). The third-order valence-corrected chi connectivity index (χ3v) is 3.69. The van der Waals surface area contributed by atoms with Crippen molar-refractivity contribution in [3.05, 3.63) is 33.9 Å². The molecule has 12 heteroatoms. The van der Waals surface area contributed by atoms with Crippen molar-refractivity contribution >= 4 is 23.8 Å². The zero-order chi connectivity index (χ0) is 19.2. The number of benzene rings is 1. The predicted molar refractivity (Wildman–Crippen MR) is 95.4 cm³/mol. The van der Waals surface area contributed by atoms with E-state index in [2.05, 4.69) is 25.5 Å². The number of morpholine rings is 1. The number of phenols is 1. The van der Waals surface area contributed by atoms with Crippen LogP contribution in [0.1, 0.15) is 5.56 Å². The fraction of sp³-hybridized carbons (Fsp3) is 0.333. The first kappa shape index (κ1) is 18.3. The van der Waals surface area contributed by atoms with Gasteiger partial charge in [-0.3, -0.25) is 10.1 Å². The molecule has 1 saturated heterocycles. The van der Waals surface area contributed by atoms with Gasteiger partial charge in [-0.25, -0.2) is 5.43 Å². The Bertz CT molecular complexity index is 854. The molecule has 0 unspecified atom stereocenters. The minimum Gasteiger partial charge on any atom is -0.502 e. The molecule has 1 aliphatic heterocycles. The van der Waals surface area contributed by atoms with Crippen LogP contribution < -0.4 is 15.1 Å². The Morgan fingerprint density at radius 3 is 2.85 bits per heavy atom. The highest BCUT2D eigenvalue weighted by Crippen LogP contribution is 2.28. The summed E-state index contributed by atoms with van der Waals surface area (Å²) in [6, 6.07) is 4.25. The van der Waals surface area contributed by atoms with Gasteiger partial charge in [-0.15, -0.1) is 0 Å². The smallest absolute Gasteiger partial charge is 0.322 e. The van der Waals surface area contributed by atoms with Crippen molar-refractivity contribution in [3.8, 4) is 11.8 Å². The zero-order valence-corrected chi connectivity index (χ0v) is 14.4. The van der Waals surface area contributed by atoms with Gasteiger partial charge in [0.2, 0.25) is 11.7 Å². The number of hydrogen-bond acceptors (Lipinski definition) is 11. The number of aromatic hydroxyl groups is 1. The van der Waals surface area contributed by atoms with Crippen molar-refractivity contribution in [2.45, 2.75) is 0 Å². The number of para-hydroxylation sites is 1. The Hall–Kier alpha value is -3.54. The SMILES string of the molecule is COc1nc(N/N=C\c2cccc([N+](=O)[O-])c2O)nc(N2CCOCC2)n1. The molecule has 1 aliphatic rings. The number of nitrogens with zero attached hydrogens (tertiary/aromatic N) is 6. The van der Waals surface area contributed by atoms with Gasteiger partial charge in [0.05, 0.1) is 31.5 Å². The Labute approximate surface area is 153 Å². The Balaban J connectivity index is 1.78. The predicted octanol–water partition coefficient (Wildman–Crippen LogP) is 0.777. The molecule has 0 aliphatic carbocycles. The van der Waals surface area contributed by atoms with Crippen LogP contribution in [0.5, 0.6) is 11.8 Å². The summed E-state index contributed by atoms with van der Waals surface area (Å²) in [6.45, 7) is 2.41. The topological polar surface area (TPSA) is 148 Å². The van der Waals surface area contributed by atoms with Gasteiger partial charge in [0.15, 0.2) is 0 Å². The number of hydrazone groups is 1. The summed E-state index contributed by atoms with van der Waals surface area (Å²) in [5, 5.41) is 24.7. The lowest BCUT2D eigenvalue weighted by Crippen LogP contribution is -2.37. The third kappa shape index (κ3) is 4.36. The van der Waals surface area contributed by atoms with Crippen molar-refractivity contribution in [3.63, 3.8) is 0 Å². The summed E-state index contributed by atoms with van der Waals surface area (Å²) in [5.41, 5.74) is 2.38. The van der Waals surface area contributed by atoms with Gasteiger partial charge in [-0.2, -0.15) is 20.1 Å². The second kappa shape index (κ2) is 8.23. The lowest BCUT2D eigenvalue weighted by atomic mass is 10.2. The summed E-state index contributed by atoms with van der Waals surface area (Å²) >= 11 is 0. The van der Waals surface area contributed by atoms with E-state index in [-0.39, 0.29) is 17.5 Å². The minimum absolute atomic E-state index is 0.113. The quantitative estimate of drug-likeness (QED) is 0.421. The van der Waals surface area contributed by atoms with E-state index in [1.54, 1.807) is 0 Å². The molecule has 27 heavy (non-hydrogen) atoms. The van der Waals surface area contributed by atoms with Crippen LogP contribution in [-0.2, 0) is 4.74 Å². The molecule has 1 fully saturated rings. The fourth-order valence-electron chi connectivity index (χ4n) is 2.35. The highest BCUT2D eigenvalue weighted by Gasteiger charge is 2.17. The van der Waals surface area contributed by atoms with E-state index in [4.69, 9.17) is 9.47 Å². The molecule has 0 bridgehead atoms.